The lowest BCUT2D eigenvalue weighted by Gasteiger charge is -2.34. The molecular formula is C67H94N4O13. The first-order valence-electron chi connectivity index (χ1n) is 29.5. The van der Waals surface area contributed by atoms with Crippen LogP contribution in [0.3, 0.4) is 0 Å². The molecule has 460 valence electrons. The number of aryl methyl sites for hydroxylation is 1. The molecule has 17 heteroatoms. The van der Waals surface area contributed by atoms with E-state index < -0.39 is 41.4 Å². The molecule has 0 spiro atoms. The number of amides is 4. The third-order valence-electron chi connectivity index (χ3n) is 14.6. The Labute approximate surface area is 498 Å². The Bertz CT molecular complexity index is 2690. The van der Waals surface area contributed by atoms with Gasteiger partial charge in [-0.3, -0.25) is 4.79 Å². The van der Waals surface area contributed by atoms with Crippen LogP contribution in [0.4, 0.5) is 19.2 Å². The summed E-state index contributed by atoms with van der Waals surface area (Å²) in [7, 11) is 0. The monoisotopic (exact) mass is 1160 g/mol. The van der Waals surface area contributed by atoms with E-state index in [0.717, 1.165) is 38.2 Å². The van der Waals surface area contributed by atoms with Gasteiger partial charge in [0.25, 0.3) is 0 Å². The van der Waals surface area contributed by atoms with Gasteiger partial charge in [0.1, 0.15) is 44.4 Å². The van der Waals surface area contributed by atoms with Crippen molar-refractivity contribution in [1.29, 1.82) is 0 Å². The number of fused-ring (bicyclic) bond motifs is 3. The molecule has 4 aromatic carbocycles. The van der Waals surface area contributed by atoms with Crippen molar-refractivity contribution >= 4 is 36.3 Å². The molecule has 1 aliphatic carbocycles. The van der Waals surface area contributed by atoms with Crippen molar-refractivity contribution in [2.45, 2.75) is 139 Å². The molecule has 17 nitrogen and oxygen atoms in total. The summed E-state index contributed by atoms with van der Waals surface area (Å²) in [5.74, 6) is 0.871. The van der Waals surface area contributed by atoms with Crippen LogP contribution < -0.4 is 26.0 Å². The molecule has 0 saturated heterocycles. The summed E-state index contributed by atoms with van der Waals surface area (Å²) < 4.78 is 31.6. The van der Waals surface area contributed by atoms with Gasteiger partial charge in [-0.1, -0.05) is 160 Å². The molecule has 4 aromatic rings. The largest absolute Gasteiger partial charge is 0.490 e. The average Bonchev–Trinajstić information content (AvgIpc) is 1.59. The van der Waals surface area contributed by atoms with Gasteiger partial charge in [-0.25, -0.2) is 24.0 Å². The first-order chi connectivity index (χ1) is 39.8. The van der Waals surface area contributed by atoms with Crippen LogP contribution in [0.2, 0.25) is 0 Å². The van der Waals surface area contributed by atoms with Crippen LogP contribution in [0.25, 0.3) is 11.1 Å². The SMILES string of the molecule is C=CC(=O)OCCOC(=O)NCCC(C)(C)CC(C)CNC(=O)O.CCC(=O)OCC(C)(C)OC(=O)NCC(C)CC(C)(C)CCNC(=O)OCCOc1ccc(C2(c3ccc(CCCC(C)C)cc3)c3ccccc3-c3ccccc32)cc1. The fourth-order valence-electron chi connectivity index (χ4n) is 10.6. The Kier molecular flexibility index (Phi) is 27.6. The van der Waals surface area contributed by atoms with Crippen molar-refractivity contribution in [3.8, 4) is 16.9 Å². The molecule has 0 fully saturated rings. The maximum absolute atomic E-state index is 12.5. The normalized spacial score (nSPS) is 13.0. The van der Waals surface area contributed by atoms with Crippen molar-refractivity contribution in [1.82, 2.24) is 21.3 Å². The van der Waals surface area contributed by atoms with E-state index in [1.54, 1.807) is 20.8 Å². The zero-order chi connectivity index (χ0) is 61.9. The lowest BCUT2D eigenvalue weighted by Crippen LogP contribution is -2.40. The van der Waals surface area contributed by atoms with Gasteiger partial charge in [0.2, 0.25) is 0 Å². The highest BCUT2D eigenvalue weighted by molar-refractivity contribution is 5.86. The summed E-state index contributed by atoms with van der Waals surface area (Å²) in [6.45, 7) is 27.4. The van der Waals surface area contributed by atoms with Gasteiger partial charge in [-0.15, -0.1) is 0 Å². The lowest BCUT2D eigenvalue weighted by molar-refractivity contribution is -0.149. The van der Waals surface area contributed by atoms with E-state index >= 15 is 0 Å². The minimum atomic E-state index is -1.03. The van der Waals surface area contributed by atoms with Crippen molar-refractivity contribution in [2.75, 3.05) is 59.2 Å². The third kappa shape index (κ3) is 23.2. The van der Waals surface area contributed by atoms with Crippen LogP contribution in [0, 0.1) is 28.6 Å². The smallest absolute Gasteiger partial charge is 0.407 e. The predicted octanol–water partition coefficient (Wildman–Crippen LogP) is 13.2. The zero-order valence-corrected chi connectivity index (χ0v) is 51.6. The van der Waals surface area contributed by atoms with Gasteiger partial charge < -0.3 is 54.8 Å². The second-order valence-electron chi connectivity index (χ2n) is 24.4. The van der Waals surface area contributed by atoms with Crippen molar-refractivity contribution in [3.63, 3.8) is 0 Å². The van der Waals surface area contributed by atoms with Crippen molar-refractivity contribution < 1.29 is 62.3 Å². The number of alkyl carbamates (subject to hydrolysis) is 3. The Morgan fingerprint density at radius 3 is 1.60 bits per heavy atom. The maximum Gasteiger partial charge on any atom is 0.407 e. The number of nitrogens with one attached hydrogen (secondary N) is 4. The van der Waals surface area contributed by atoms with E-state index in [2.05, 4.69) is 166 Å². The maximum atomic E-state index is 12.5. The highest BCUT2D eigenvalue weighted by Gasteiger charge is 2.46. The molecular weight excluding hydrogens is 1070 g/mol. The molecule has 0 aliphatic heterocycles. The first kappa shape index (κ1) is 68.9. The number of ether oxygens (including phenoxy) is 6. The molecule has 0 aromatic heterocycles. The summed E-state index contributed by atoms with van der Waals surface area (Å²) in [5, 5.41) is 19.3. The number of carbonyl (C=O) groups excluding carboxylic acids is 5. The van der Waals surface area contributed by atoms with Gasteiger partial charge >= 0.3 is 36.3 Å². The van der Waals surface area contributed by atoms with Crippen LogP contribution in [0.15, 0.2) is 110 Å². The molecule has 1 aliphatic rings. The van der Waals surface area contributed by atoms with Crippen molar-refractivity contribution in [3.05, 3.63) is 138 Å². The molecule has 0 heterocycles. The molecule has 2 atom stereocenters. The van der Waals surface area contributed by atoms with E-state index in [1.165, 1.54) is 51.8 Å². The van der Waals surface area contributed by atoms with Crippen LogP contribution in [0.1, 0.15) is 149 Å². The molecule has 5 N–H and O–H groups in total. The van der Waals surface area contributed by atoms with E-state index in [-0.39, 0.29) is 68.1 Å². The molecule has 4 amide bonds. The second-order valence-corrected chi connectivity index (χ2v) is 24.4. The zero-order valence-electron chi connectivity index (χ0n) is 51.6. The Morgan fingerprint density at radius 1 is 0.607 bits per heavy atom. The summed E-state index contributed by atoms with van der Waals surface area (Å²) in [6, 6.07) is 35.1. The molecule has 0 radical (unpaired) electrons. The fourth-order valence-corrected chi connectivity index (χ4v) is 10.6. The Morgan fingerprint density at radius 2 is 1.10 bits per heavy atom. The lowest BCUT2D eigenvalue weighted by atomic mass is 9.67. The summed E-state index contributed by atoms with van der Waals surface area (Å²) >= 11 is 0. The topological polar surface area (TPSA) is 226 Å². The second kappa shape index (κ2) is 33.7. The van der Waals surface area contributed by atoms with Gasteiger partial charge in [-0.05, 0) is 132 Å². The fraction of sp³-hybridized carbons (Fsp3) is 0.522. The number of rotatable bonds is 32. The third-order valence-corrected chi connectivity index (χ3v) is 14.6. The molecule has 0 bridgehead atoms. The van der Waals surface area contributed by atoms with Gasteiger partial charge in [-0.2, -0.15) is 0 Å². The van der Waals surface area contributed by atoms with Gasteiger partial charge in [0.05, 0.1) is 5.41 Å². The van der Waals surface area contributed by atoms with Gasteiger partial charge in [0, 0.05) is 38.7 Å². The molecule has 0 saturated carbocycles. The highest BCUT2D eigenvalue weighted by Crippen LogP contribution is 2.56. The van der Waals surface area contributed by atoms with Crippen molar-refractivity contribution in [2.24, 2.45) is 28.6 Å². The highest BCUT2D eigenvalue weighted by atomic mass is 16.6. The molecule has 2 unspecified atom stereocenters. The van der Waals surface area contributed by atoms with Crippen LogP contribution in [0.5, 0.6) is 5.75 Å². The standard InChI is InChI=1S/C51H66N2O7.C16H28N2O6/c1-9-46(54)59-35-50(7,8)60-48(56)53-34-37(4)33-49(5,6)29-30-52-47(55)58-32-31-57-41-27-25-40(26-28-41)51(39-23-21-38(22-24-39)16-14-15-36(2)3)44-19-12-10-17-42(44)43-18-11-13-20-45(43)51;1-5-13(19)23-8-9-24-15(22)17-7-6-16(3,4)10-12(2)11-18-14(20)21/h10-13,17-28,36-37H,9,14-16,29-35H2,1-8H3,(H,52,55)(H,53,56);5,12,18H,1,6-11H2,2-4H3,(H,17,22)(H,20,21). The van der Waals surface area contributed by atoms with Crippen LogP contribution in [-0.4, -0.2) is 106 Å². The van der Waals surface area contributed by atoms with E-state index in [9.17, 15) is 28.8 Å². The first-order valence-corrected chi connectivity index (χ1v) is 29.5. The summed E-state index contributed by atoms with van der Waals surface area (Å²) in [6.07, 6.45) is 5.26. The van der Waals surface area contributed by atoms with Gasteiger partial charge in [0.15, 0.2) is 0 Å². The van der Waals surface area contributed by atoms with Crippen LogP contribution in [-0.2, 0) is 45.1 Å². The van der Waals surface area contributed by atoms with E-state index in [1.807, 2.05) is 19.1 Å². The number of carbonyl (C=O) groups is 6. The number of benzene rings is 4. The molecule has 84 heavy (non-hydrogen) atoms. The number of esters is 2. The minimum Gasteiger partial charge on any atom is -0.490 e. The quantitative estimate of drug-likeness (QED) is 0.0117. The van der Waals surface area contributed by atoms with E-state index in [4.69, 9.17) is 28.8 Å². The molecule has 5 rings (SSSR count). The number of hydrogen-bond acceptors (Lipinski definition) is 12. The average molecular weight is 1160 g/mol. The van der Waals surface area contributed by atoms with E-state index in [0.29, 0.717) is 37.8 Å². The predicted molar refractivity (Wildman–Crippen MR) is 327 cm³/mol. The Balaban J connectivity index is 0.000000531. The Hall–Kier alpha value is -7.56. The minimum absolute atomic E-state index is 0.00598. The summed E-state index contributed by atoms with van der Waals surface area (Å²) in [4.78, 5) is 69.1. The van der Waals surface area contributed by atoms with Crippen LogP contribution >= 0.6 is 0 Å². The number of carboxylic acid groups (broad SMARTS) is 1. The summed E-state index contributed by atoms with van der Waals surface area (Å²) in [5.41, 5.74) is 7.26. The number of hydrogen-bond donors (Lipinski definition) is 5.